The number of fused-ring (bicyclic) bond motifs is 1. The number of para-hydroxylation sites is 1. The topological polar surface area (TPSA) is 75.9 Å². The Bertz CT molecular complexity index is 884. The van der Waals surface area contributed by atoms with Gasteiger partial charge < -0.3 is 19.1 Å². The average Bonchev–Trinajstić information content (AvgIpc) is 3.33. The second-order valence-corrected chi connectivity index (χ2v) is 7.19. The average molecular weight is 387 g/mol. The van der Waals surface area contributed by atoms with Crippen LogP contribution in [0.4, 0.5) is 4.39 Å². The number of rotatable bonds is 6. The molecule has 0 bridgehead atoms. The van der Waals surface area contributed by atoms with Gasteiger partial charge in [0.25, 0.3) is 0 Å². The third kappa shape index (κ3) is 3.58. The van der Waals surface area contributed by atoms with Crippen molar-refractivity contribution in [2.24, 2.45) is 0 Å². The van der Waals surface area contributed by atoms with Gasteiger partial charge in [-0.05, 0) is 25.5 Å². The number of hydrogen-bond acceptors (Lipinski definition) is 5. The maximum absolute atomic E-state index is 13.6. The standard InChI is InChI=1S/C20H22FN3O4/c1-13-10-14(28-22-13)11-19(25)23-7-6-16-17(23)12-20(26)24(16)8-9-27-18-5-3-2-4-15(18)21/h2-5,10,16-17H,6-9,11-12H2,1H3/t16-,17-/m0/s1. The first kappa shape index (κ1) is 18.5. The van der Waals surface area contributed by atoms with Crippen LogP contribution in [-0.4, -0.2) is 58.6 Å². The minimum absolute atomic E-state index is 0.000133. The maximum atomic E-state index is 13.6. The van der Waals surface area contributed by atoms with E-state index in [2.05, 4.69) is 5.16 Å². The highest BCUT2D eigenvalue weighted by molar-refractivity contribution is 5.84. The van der Waals surface area contributed by atoms with E-state index in [-0.39, 0.29) is 42.7 Å². The van der Waals surface area contributed by atoms with Crippen molar-refractivity contribution in [2.75, 3.05) is 19.7 Å². The van der Waals surface area contributed by atoms with E-state index in [0.29, 0.717) is 25.3 Å². The van der Waals surface area contributed by atoms with Crippen LogP contribution in [0.15, 0.2) is 34.9 Å². The van der Waals surface area contributed by atoms with Crippen LogP contribution in [0.25, 0.3) is 0 Å². The Balaban J connectivity index is 1.34. The molecule has 2 amide bonds. The number of carbonyl (C=O) groups is 2. The highest BCUT2D eigenvalue weighted by Gasteiger charge is 2.48. The van der Waals surface area contributed by atoms with Crippen LogP contribution < -0.4 is 4.74 Å². The highest BCUT2D eigenvalue weighted by Crippen LogP contribution is 2.32. The van der Waals surface area contributed by atoms with E-state index < -0.39 is 5.82 Å². The lowest BCUT2D eigenvalue weighted by molar-refractivity contribution is -0.131. The number of carbonyl (C=O) groups excluding carboxylic acids is 2. The number of aryl methyl sites for hydroxylation is 1. The SMILES string of the molecule is Cc1cc(CC(=O)N2CC[C@H]3[C@@H]2CC(=O)N3CCOc2ccccc2F)on1. The van der Waals surface area contributed by atoms with Crippen molar-refractivity contribution in [1.82, 2.24) is 15.0 Å². The molecule has 2 aromatic rings. The molecular weight excluding hydrogens is 365 g/mol. The van der Waals surface area contributed by atoms with Gasteiger partial charge in [-0.1, -0.05) is 17.3 Å². The molecule has 2 aliphatic rings. The van der Waals surface area contributed by atoms with Crippen LogP contribution in [0.2, 0.25) is 0 Å². The second kappa shape index (κ2) is 7.61. The molecule has 148 valence electrons. The number of ether oxygens (including phenoxy) is 1. The Morgan fingerprint density at radius 1 is 1.36 bits per heavy atom. The van der Waals surface area contributed by atoms with Crippen molar-refractivity contribution in [2.45, 2.75) is 38.3 Å². The van der Waals surface area contributed by atoms with Crippen molar-refractivity contribution >= 4 is 11.8 Å². The van der Waals surface area contributed by atoms with Crippen molar-refractivity contribution in [1.29, 1.82) is 0 Å². The molecule has 2 fully saturated rings. The zero-order chi connectivity index (χ0) is 19.7. The number of amides is 2. The molecule has 3 heterocycles. The molecule has 2 saturated heterocycles. The molecule has 1 aromatic carbocycles. The Morgan fingerprint density at radius 2 is 2.18 bits per heavy atom. The van der Waals surface area contributed by atoms with Crippen molar-refractivity contribution < 1.29 is 23.2 Å². The summed E-state index contributed by atoms with van der Waals surface area (Å²) < 4.78 is 24.3. The molecule has 7 nitrogen and oxygen atoms in total. The summed E-state index contributed by atoms with van der Waals surface area (Å²) in [5, 5.41) is 3.80. The number of nitrogens with zero attached hydrogens (tertiary/aromatic N) is 3. The van der Waals surface area contributed by atoms with Crippen LogP contribution in [0.5, 0.6) is 5.75 Å². The molecule has 1 aromatic heterocycles. The minimum Gasteiger partial charge on any atom is -0.489 e. The predicted molar refractivity (Wildman–Crippen MR) is 97.1 cm³/mol. The monoisotopic (exact) mass is 387 g/mol. The molecule has 0 aliphatic carbocycles. The summed E-state index contributed by atoms with van der Waals surface area (Å²) in [7, 11) is 0. The van der Waals surface area contributed by atoms with E-state index in [0.717, 1.165) is 12.1 Å². The van der Waals surface area contributed by atoms with Crippen molar-refractivity contribution in [3.63, 3.8) is 0 Å². The Morgan fingerprint density at radius 3 is 2.93 bits per heavy atom. The fourth-order valence-electron chi connectivity index (χ4n) is 4.09. The van der Waals surface area contributed by atoms with E-state index in [1.165, 1.54) is 6.07 Å². The van der Waals surface area contributed by atoms with E-state index in [9.17, 15) is 14.0 Å². The smallest absolute Gasteiger partial charge is 0.230 e. The van der Waals surface area contributed by atoms with E-state index in [1.54, 1.807) is 41.0 Å². The summed E-state index contributed by atoms with van der Waals surface area (Å²) in [6.07, 6.45) is 1.19. The molecule has 8 heteroatoms. The first-order chi connectivity index (χ1) is 13.5. The number of hydrogen-bond donors (Lipinski definition) is 0. The lowest BCUT2D eigenvalue weighted by Gasteiger charge is -2.25. The fraction of sp³-hybridized carbons (Fsp3) is 0.450. The van der Waals surface area contributed by atoms with Gasteiger partial charge in [0.1, 0.15) is 12.4 Å². The van der Waals surface area contributed by atoms with E-state index in [4.69, 9.17) is 9.26 Å². The van der Waals surface area contributed by atoms with Gasteiger partial charge in [0.2, 0.25) is 11.8 Å². The van der Waals surface area contributed by atoms with Gasteiger partial charge in [-0.15, -0.1) is 0 Å². The number of halogens is 1. The van der Waals surface area contributed by atoms with Crippen molar-refractivity contribution in [3.05, 3.63) is 47.6 Å². The summed E-state index contributed by atoms with van der Waals surface area (Å²) in [6.45, 7) is 3.00. The first-order valence-corrected chi connectivity index (χ1v) is 9.41. The molecular formula is C20H22FN3O4. The van der Waals surface area contributed by atoms with Gasteiger partial charge >= 0.3 is 0 Å². The van der Waals surface area contributed by atoms with Crippen LogP contribution in [0.1, 0.15) is 24.3 Å². The molecule has 0 radical (unpaired) electrons. The molecule has 0 saturated carbocycles. The fourth-order valence-corrected chi connectivity index (χ4v) is 4.09. The zero-order valence-corrected chi connectivity index (χ0v) is 15.6. The quantitative estimate of drug-likeness (QED) is 0.757. The van der Waals surface area contributed by atoms with Crippen molar-refractivity contribution in [3.8, 4) is 5.75 Å². The summed E-state index contributed by atoms with van der Waals surface area (Å²) >= 11 is 0. The molecule has 0 spiro atoms. The minimum atomic E-state index is -0.423. The predicted octanol–water partition coefficient (Wildman–Crippen LogP) is 1.95. The lowest BCUT2D eigenvalue weighted by Crippen LogP contribution is -2.41. The Kier molecular flexibility index (Phi) is 5.02. The normalized spacial score (nSPS) is 21.3. The second-order valence-electron chi connectivity index (χ2n) is 7.19. The molecule has 4 rings (SSSR count). The molecule has 2 aliphatic heterocycles. The van der Waals surface area contributed by atoms with Crippen LogP contribution in [-0.2, 0) is 16.0 Å². The Hall–Kier alpha value is -2.90. The van der Waals surface area contributed by atoms with Crippen LogP contribution >= 0.6 is 0 Å². The number of benzene rings is 1. The zero-order valence-electron chi connectivity index (χ0n) is 15.6. The summed E-state index contributed by atoms with van der Waals surface area (Å²) in [5.74, 6) is 0.233. The number of aromatic nitrogens is 1. The summed E-state index contributed by atoms with van der Waals surface area (Å²) in [4.78, 5) is 28.7. The highest BCUT2D eigenvalue weighted by atomic mass is 19.1. The molecule has 2 atom stereocenters. The number of likely N-dealkylation sites (tertiary alicyclic amines) is 2. The maximum Gasteiger partial charge on any atom is 0.230 e. The third-order valence-electron chi connectivity index (χ3n) is 5.36. The van der Waals surface area contributed by atoms with Crippen LogP contribution in [0, 0.1) is 12.7 Å². The summed E-state index contributed by atoms with van der Waals surface area (Å²) in [6, 6.07) is 7.80. The van der Waals surface area contributed by atoms with Gasteiger partial charge in [0.05, 0.1) is 30.7 Å². The van der Waals surface area contributed by atoms with E-state index in [1.807, 2.05) is 0 Å². The molecule has 0 unspecified atom stereocenters. The van der Waals surface area contributed by atoms with Gasteiger partial charge in [-0.25, -0.2) is 4.39 Å². The first-order valence-electron chi connectivity index (χ1n) is 9.41. The van der Waals surface area contributed by atoms with Gasteiger partial charge in [-0.2, -0.15) is 0 Å². The van der Waals surface area contributed by atoms with E-state index >= 15 is 0 Å². The largest absolute Gasteiger partial charge is 0.489 e. The Labute approximate surface area is 162 Å². The van der Waals surface area contributed by atoms with Crippen LogP contribution in [0.3, 0.4) is 0 Å². The third-order valence-corrected chi connectivity index (χ3v) is 5.36. The van der Waals surface area contributed by atoms with Gasteiger partial charge in [-0.3, -0.25) is 9.59 Å². The summed E-state index contributed by atoms with van der Waals surface area (Å²) in [5.41, 5.74) is 0.735. The lowest BCUT2D eigenvalue weighted by atomic mass is 10.1. The van der Waals surface area contributed by atoms with Gasteiger partial charge in [0, 0.05) is 19.0 Å². The van der Waals surface area contributed by atoms with Gasteiger partial charge in [0.15, 0.2) is 11.6 Å². The molecule has 28 heavy (non-hydrogen) atoms. The molecule has 0 N–H and O–H groups in total.